The van der Waals surface area contributed by atoms with Gasteiger partial charge in [-0.1, -0.05) is 24.3 Å². The van der Waals surface area contributed by atoms with E-state index >= 15 is 0 Å². The van der Waals surface area contributed by atoms with Gasteiger partial charge in [0.25, 0.3) is 0 Å². The highest BCUT2D eigenvalue weighted by Crippen LogP contribution is 2.34. The molecule has 21 heavy (non-hydrogen) atoms. The van der Waals surface area contributed by atoms with Gasteiger partial charge in [0.05, 0.1) is 16.8 Å². The second-order valence-electron chi connectivity index (χ2n) is 4.41. The van der Waals surface area contributed by atoms with E-state index in [4.69, 9.17) is 0 Å². The molecule has 0 atom stereocenters. The van der Waals surface area contributed by atoms with Crippen molar-refractivity contribution in [3.8, 4) is 6.07 Å². The molecule has 3 rings (SSSR count). The van der Waals surface area contributed by atoms with Crippen LogP contribution in [0.1, 0.15) is 5.56 Å². The predicted octanol–water partition coefficient (Wildman–Crippen LogP) is 5.38. The molecule has 0 spiro atoms. The van der Waals surface area contributed by atoms with E-state index in [0.717, 1.165) is 25.5 Å². The Hall–Kier alpha value is -1.90. The van der Waals surface area contributed by atoms with Crippen molar-refractivity contribution >= 4 is 54.3 Å². The number of halogens is 2. The van der Waals surface area contributed by atoms with Crippen LogP contribution in [-0.2, 0) is 0 Å². The van der Waals surface area contributed by atoms with Crippen molar-refractivity contribution in [2.24, 2.45) is 0 Å². The summed E-state index contributed by atoms with van der Waals surface area (Å²) in [5.41, 5.74) is 2.20. The summed E-state index contributed by atoms with van der Waals surface area (Å²) < 4.78 is 1.80. The maximum Gasteiger partial charge on any atom is 0.149 e. The lowest BCUT2D eigenvalue weighted by Crippen LogP contribution is -1.99. The minimum atomic E-state index is 0.511. The molecular formula is C16H9Br2N3. The predicted molar refractivity (Wildman–Crippen MR) is 91.6 cm³/mol. The monoisotopic (exact) mass is 401 g/mol. The SMILES string of the molecule is N#Cc1cc2ccccc2nc1Nc1c(Br)cccc1Br. The number of hydrogen-bond acceptors (Lipinski definition) is 3. The fourth-order valence-electron chi connectivity index (χ4n) is 2.03. The fraction of sp³-hybridized carbons (Fsp3) is 0. The lowest BCUT2D eigenvalue weighted by Gasteiger charge is -2.12. The minimum Gasteiger partial charge on any atom is -0.337 e. The van der Waals surface area contributed by atoms with Crippen molar-refractivity contribution in [1.82, 2.24) is 4.98 Å². The molecule has 3 nitrogen and oxygen atoms in total. The van der Waals surface area contributed by atoms with Crippen LogP contribution in [0.2, 0.25) is 0 Å². The highest BCUT2D eigenvalue weighted by atomic mass is 79.9. The second kappa shape index (κ2) is 5.84. The topological polar surface area (TPSA) is 48.7 Å². The first-order valence-corrected chi connectivity index (χ1v) is 7.78. The Bertz CT molecular complexity index is 849. The molecule has 0 saturated heterocycles. The number of fused-ring (bicyclic) bond motifs is 1. The van der Waals surface area contributed by atoms with Gasteiger partial charge in [0.15, 0.2) is 0 Å². The Balaban J connectivity index is 2.14. The molecule has 1 heterocycles. The summed E-state index contributed by atoms with van der Waals surface area (Å²) in [4.78, 5) is 4.55. The summed E-state index contributed by atoms with van der Waals surface area (Å²) in [6.45, 7) is 0. The Morgan fingerprint density at radius 1 is 1.00 bits per heavy atom. The first-order valence-electron chi connectivity index (χ1n) is 6.20. The van der Waals surface area contributed by atoms with Crippen molar-refractivity contribution in [2.75, 3.05) is 5.32 Å². The zero-order valence-electron chi connectivity index (χ0n) is 10.8. The molecule has 0 fully saturated rings. The summed E-state index contributed by atoms with van der Waals surface area (Å²) in [6, 6.07) is 17.6. The smallest absolute Gasteiger partial charge is 0.149 e. The van der Waals surface area contributed by atoms with Crippen LogP contribution in [0.25, 0.3) is 10.9 Å². The number of hydrogen-bond donors (Lipinski definition) is 1. The van der Waals surface area contributed by atoms with Gasteiger partial charge in [0.1, 0.15) is 11.9 Å². The Labute approximate surface area is 138 Å². The van der Waals surface area contributed by atoms with Crippen LogP contribution in [-0.4, -0.2) is 4.98 Å². The van der Waals surface area contributed by atoms with Gasteiger partial charge in [0.2, 0.25) is 0 Å². The first-order chi connectivity index (χ1) is 10.2. The van der Waals surface area contributed by atoms with E-state index in [1.807, 2.05) is 48.5 Å². The minimum absolute atomic E-state index is 0.511. The maximum atomic E-state index is 9.34. The zero-order chi connectivity index (χ0) is 14.8. The number of nitrogens with one attached hydrogen (secondary N) is 1. The summed E-state index contributed by atoms with van der Waals surface area (Å²) in [5.74, 6) is 0.545. The van der Waals surface area contributed by atoms with E-state index in [2.05, 4.69) is 48.2 Å². The van der Waals surface area contributed by atoms with Crippen LogP contribution < -0.4 is 5.32 Å². The van der Waals surface area contributed by atoms with Gasteiger partial charge in [-0.05, 0) is 56.1 Å². The molecule has 0 radical (unpaired) electrons. The quantitative estimate of drug-likeness (QED) is 0.626. The Morgan fingerprint density at radius 3 is 2.43 bits per heavy atom. The molecule has 0 bridgehead atoms. The largest absolute Gasteiger partial charge is 0.337 e. The number of rotatable bonds is 2. The van der Waals surface area contributed by atoms with Gasteiger partial charge < -0.3 is 5.32 Å². The van der Waals surface area contributed by atoms with Crippen LogP contribution in [0.3, 0.4) is 0 Å². The van der Waals surface area contributed by atoms with Gasteiger partial charge in [0, 0.05) is 14.3 Å². The summed E-state index contributed by atoms with van der Waals surface area (Å²) >= 11 is 7.00. The molecule has 0 aliphatic carbocycles. The molecule has 2 aromatic carbocycles. The average Bonchev–Trinajstić information content (AvgIpc) is 2.50. The van der Waals surface area contributed by atoms with Crippen LogP contribution in [0.15, 0.2) is 57.5 Å². The zero-order valence-corrected chi connectivity index (χ0v) is 13.9. The lowest BCUT2D eigenvalue weighted by atomic mass is 10.1. The maximum absolute atomic E-state index is 9.34. The molecule has 3 aromatic rings. The van der Waals surface area contributed by atoms with E-state index in [1.54, 1.807) is 0 Å². The van der Waals surface area contributed by atoms with Crippen molar-refractivity contribution < 1.29 is 0 Å². The number of nitrogens with zero attached hydrogens (tertiary/aromatic N) is 2. The van der Waals surface area contributed by atoms with Gasteiger partial charge in [-0.25, -0.2) is 4.98 Å². The second-order valence-corrected chi connectivity index (χ2v) is 6.12. The standard InChI is InChI=1S/C16H9Br2N3/c17-12-5-3-6-13(18)15(12)21-16-11(9-19)8-10-4-1-2-7-14(10)20-16/h1-8H,(H,20,21). The molecule has 0 unspecified atom stereocenters. The number of benzene rings is 2. The number of aromatic nitrogens is 1. The molecule has 0 aliphatic rings. The van der Waals surface area contributed by atoms with Crippen LogP contribution in [0.4, 0.5) is 11.5 Å². The normalized spacial score (nSPS) is 10.3. The summed E-state index contributed by atoms with van der Waals surface area (Å²) in [6.07, 6.45) is 0. The Morgan fingerprint density at radius 2 is 1.71 bits per heavy atom. The van der Waals surface area contributed by atoms with Crippen LogP contribution >= 0.6 is 31.9 Å². The number of nitriles is 1. The van der Waals surface area contributed by atoms with Crippen molar-refractivity contribution in [1.29, 1.82) is 5.26 Å². The van der Waals surface area contributed by atoms with Crippen molar-refractivity contribution in [2.45, 2.75) is 0 Å². The van der Waals surface area contributed by atoms with Gasteiger partial charge in [-0.3, -0.25) is 0 Å². The molecule has 1 N–H and O–H groups in total. The highest BCUT2D eigenvalue weighted by Gasteiger charge is 2.10. The molecule has 102 valence electrons. The van der Waals surface area contributed by atoms with Crippen molar-refractivity contribution in [3.05, 3.63) is 63.0 Å². The van der Waals surface area contributed by atoms with Gasteiger partial charge >= 0.3 is 0 Å². The molecule has 5 heteroatoms. The number of para-hydroxylation sites is 2. The van der Waals surface area contributed by atoms with E-state index in [0.29, 0.717) is 11.4 Å². The van der Waals surface area contributed by atoms with Crippen LogP contribution in [0, 0.1) is 11.3 Å². The summed E-state index contributed by atoms with van der Waals surface area (Å²) in [5, 5.41) is 13.5. The molecule has 0 aliphatic heterocycles. The first kappa shape index (κ1) is 14.1. The average molecular weight is 403 g/mol. The molecular weight excluding hydrogens is 394 g/mol. The van der Waals surface area contributed by atoms with E-state index in [1.165, 1.54) is 0 Å². The van der Waals surface area contributed by atoms with Crippen molar-refractivity contribution in [3.63, 3.8) is 0 Å². The number of pyridine rings is 1. The highest BCUT2D eigenvalue weighted by molar-refractivity contribution is 9.11. The van der Waals surface area contributed by atoms with E-state index in [-0.39, 0.29) is 0 Å². The number of anilines is 2. The molecule has 0 saturated carbocycles. The Kier molecular flexibility index (Phi) is 3.91. The lowest BCUT2D eigenvalue weighted by molar-refractivity contribution is 1.33. The fourth-order valence-corrected chi connectivity index (χ4v) is 3.23. The van der Waals surface area contributed by atoms with Gasteiger partial charge in [-0.15, -0.1) is 0 Å². The third-order valence-corrected chi connectivity index (χ3v) is 4.37. The summed E-state index contributed by atoms with van der Waals surface area (Å²) in [7, 11) is 0. The molecule has 1 aromatic heterocycles. The molecule has 0 amide bonds. The van der Waals surface area contributed by atoms with E-state index in [9.17, 15) is 5.26 Å². The van der Waals surface area contributed by atoms with Gasteiger partial charge in [-0.2, -0.15) is 5.26 Å². The third-order valence-electron chi connectivity index (χ3n) is 3.05. The van der Waals surface area contributed by atoms with E-state index < -0.39 is 0 Å². The third kappa shape index (κ3) is 2.78. The van der Waals surface area contributed by atoms with Crippen LogP contribution in [0.5, 0.6) is 0 Å².